The van der Waals surface area contributed by atoms with E-state index in [4.69, 9.17) is 4.98 Å². The molecule has 0 spiro atoms. The van der Waals surface area contributed by atoms with Crippen LogP contribution in [0.2, 0.25) is 0 Å². The molecule has 4 rings (SSSR count). The summed E-state index contributed by atoms with van der Waals surface area (Å²) in [6.07, 6.45) is 1.89. The van der Waals surface area contributed by atoms with E-state index in [2.05, 4.69) is 60.6 Å². The smallest absolute Gasteiger partial charge is 0.123 e. The van der Waals surface area contributed by atoms with E-state index < -0.39 is 0 Å². The maximum atomic E-state index is 13.3. The first kappa shape index (κ1) is 19.2. The summed E-state index contributed by atoms with van der Waals surface area (Å²) >= 11 is 0. The van der Waals surface area contributed by atoms with Gasteiger partial charge in [-0.1, -0.05) is 29.8 Å². The normalized spacial score (nSPS) is 11.2. The molecule has 0 saturated heterocycles. The maximum absolute atomic E-state index is 13.3. The van der Waals surface area contributed by atoms with E-state index in [0.29, 0.717) is 6.54 Å². The first-order valence-corrected chi connectivity index (χ1v) is 9.89. The second-order valence-electron chi connectivity index (χ2n) is 7.77. The van der Waals surface area contributed by atoms with E-state index in [1.807, 2.05) is 13.2 Å². The van der Waals surface area contributed by atoms with Gasteiger partial charge in [0.15, 0.2) is 0 Å². The van der Waals surface area contributed by atoms with Crippen molar-refractivity contribution < 1.29 is 4.39 Å². The molecule has 2 aromatic carbocycles. The number of benzene rings is 2. The van der Waals surface area contributed by atoms with Crippen molar-refractivity contribution in [2.45, 2.75) is 33.9 Å². The van der Waals surface area contributed by atoms with Gasteiger partial charge >= 0.3 is 0 Å². The van der Waals surface area contributed by atoms with Gasteiger partial charge in [-0.2, -0.15) is 0 Å². The fourth-order valence-corrected chi connectivity index (χ4v) is 3.87. The zero-order valence-electron chi connectivity index (χ0n) is 17.4. The molecule has 29 heavy (non-hydrogen) atoms. The lowest BCUT2D eigenvalue weighted by atomic mass is 10.1. The third-order valence-electron chi connectivity index (χ3n) is 5.74. The van der Waals surface area contributed by atoms with Gasteiger partial charge in [0.05, 0.1) is 17.8 Å². The van der Waals surface area contributed by atoms with Gasteiger partial charge in [0, 0.05) is 36.6 Å². The molecule has 148 valence electrons. The lowest BCUT2D eigenvalue weighted by Crippen LogP contribution is -2.18. The van der Waals surface area contributed by atoms with E-state index in [9.17, 15) is 4.39 Å². The fraction of sp³-hybridized carbons (Fsp3) is 0.240. The Morgan fingerprint density at radius 2 is 1.62 bits per heavy atom. The number of rotatable bonds is 5. The minimum atomic E-state index is -0.222. The van der Waals surface area contributed by atoms with Gasteiger partial charge < -0.3 is 9.47 Å². The predicted molar refractivity (Wildman–Crippen MR) is 118 cm³/mol. The molecule has 0 saturated carbocycles. The highest BCUT2D eigenvalue weighted by molar-refractivity contribution is 5.87. The summed E-state index contributed by atoms with van der Waals surface area (Å²) in [6.45, 7) is 7.93. The molecule has 0 amide bonds. The lowest BCUT2D eigenvalue weighted by molar-refractivity contribution is 0.627. The second-order valence-corrected chi connectivity index (χ2v) is 7.77. The van der Waals surface area contributed by atoms with Crippen LogP contribution in [0.4, 0.5) is 10.1 Å². The molecule has 0 radical (unpaired) electrons. The van der Waals surface area contributed by atoms with Crippen molar-refractivity contribution >= 4 is 16.6 Å². The Morgan fingerprint density at radius 1 is 0.931 bits per heavy atom. The number of pyridine rings is 1. The molecule has 0 fully saturated rings. The van der Waals surface area contributed by atoms with Gasteiger partial charge in [-0.25, -0.2) is 4.39 Å². The Hall–Kier alpha value is -3.14. The van der Waals surface area contributed by atoms with Crippen molar-refractivity contribution in [1.82, 2.24) is 9.55 Å². The molecule has 4 aromatic rings. The van der Waals surface area contributed by atoms with Crippen molar-refractivity contribution in [3.63, 3.8) is 0 Å². The standard InChI is InChI=1S/C25H26FN3/c1-17-5-7-20(8-6-17)15-29-19(3)18(2)23-13-14-27-24(25(23)29)16-28(4)22-11-9-21(26)10-12-22/h5-14H,15-16H2,1-4H3. The van der Waals surface area contributed by atoms with Crippen molar-refractivity contribution in [3.8, 4) is 0 Å². The van der Waals surface area contributed by atoms with Gasteiger partial charge in [-0.15, -0.1) is 0 Å². The molecule has 2 heterocycles. The van der Waals surface area contributed by atoms with Crippen molar-refractivity contribution in [3.05, 3.63) is 94.7 Å². The molecule has 2 aromatic heterocycles. The van der Waals surface area contributed by atoms with Crippen molar-refractivity contribution in [2.24, 2.45) is 0 Å². The molecular formula is C25H26FN3. The van der Waals surface area contributed by atoms with Crippen molar-refractivity contribution in [1.29, 1.82) is 0 Å². The molecule has 0 atom stereocenters. The molecule has 0 N–H and O–H groups in total. The molecule has 0 unspecified atom stereocenters. The third-order valence-corrected chi connectivity index (χ3v) is 5.74. The summed E-state index contributed by atoms with van der Waals surface area (Å²) < 4.78 is 15.7. The summed E-state index contributed by atoms with van der Waals surface area (Å²) in [5.41, 5.74) is 8.27. The van der Waals surface area contributed by atoms with Gasteiger partial charge in [0.2, 0.25) is 0 Å². The zero-order chi connectivity index (χ0) is 20.5. The second kappa shape index (κ2) is 7.70. The zero-order valence-corrected chi connectivity index (χ0v) is 17.4. The third kappa shape index (κ3) is 3.75. The molecule has 0 aliphatic rings. The number of anilines is 1. The molecule has 3 nitrogen and oxygen atoms in total. The molecule has 0 bridgehead atoms. The Kier molecular flexibility index (Phi) is 5.10. The Labute approximate surface area is 171 Å². The number of fused-ring (bicyclic) bond motifs is 1. The minimum absolute atomic E-state index is 0.222. The van der Waals surface area contributed by atoms with E-state index in [-0.39, 0.29) is 5.82 Å². The van der Waals surface area contributed by atoms with Gasteiger partial charge in [0.1, 0.15) is 5.82 Å². The summed E-state index contributed by atoms with van der Waals surface area (Å²) in [5.74, 6) is -0.222. The van der Waals surface area contributed by atoms with Crippen LogP contribution < -0.4 is 4.90 Å². The number of halogens is 1. The van der Waals surface area contributed by atoms with Crippen LogP contribution in [0.25, 0.3) is 10.9 Å². The molecule has 0 aliphatic heterocycles. The van der Waals surface area contributed by atoms with Crippen LogP contribution in [0.1, 0.15) is 28.1 Å². The number of nitrogens with zero attached hydrogens (tertiary/aromatic N) is 3. The van der Waals surface area contributed by atoms with Crippen LogP contribution in [0.3, 0.4) is 0 Å². The predicted octanol–water partition coefficient (Wildman–Crippen LogP) is 5.79. The monoisotopic (exact) mass is 387 g/mol. The van der Waals surface area contributed by atoms with E-state index in [0.717, 1.165) is 17.9 Å². The summed E-state index contributed by atoms with van der Waals surface area (Å²) in [5, 5.41) is 1.24. The van der Waals surface area contributed by atoms with Crippen LogP contribution in [0.5, 0.6) is 0 Å². The summed E-state index contributed by atoms with van der Waals surface area (Å²) in [6, 6.07) is 17.4. The lowest BCUT2D eigenvalue weighted by Gasteiger charge is -2.20. The highest BCUT2D eigenvalue weighted by Gasteiger charge is 2.17. The van der Waals surface area contributed by atoms with Crippen LogP contribution in [0.15, 0.2) is 60.8 Å². The Balaban J connectivity index is 1.75. The fourth-order valence-electron chi connectivity index (χ4n) is 3.87. The van der Waals surface area contributed by atoms with Crippen LogP contribution in [-0.4, -0.2) is 16.6 Å². The highest BCUT2D eigenvalue weighted by Crippen LogP contribution is 2.29. The largest absolute Gasteiger partial charge is 0.369 e. The van der Waals surface area contributed by atoms with Crippen LogP contribution >= 0.6 is 0 Å². The first-order chi connectivity index (χ1) is 13.9. The minimum Gasteiger partial charge on any atom is -0.369 e. The first-order valence-electron chi connectivity index (χ1n) is 9.89. The molecule has 4 heteroatoms. The number of aromatic nitrogens is 2. The number of hydrogen-bond donors (Lipinski definition) is 0. The van der Waals surface area contributed by atoms with Gasteiger partial charge in [0.25, 0.3) is 0 Å². The maximum Gasteiger partial charge on any atom is 0.123 e. The Bertz CT molecular complexity index is 1140. The molecular weight excluding hydrogens is 361 g/mol. The van der Waals surface area contributed by atoms with Gasteiger partial charge in [-0.3, -0.25) is 4.98 Å². The topological polar surface area (TPSA) is 21.1 Å². The van der Waals surface area contributed by atoms with Crippen LogP contribution in [0, 0.1) is 26.6 Å². The summed E-state index contributed by atoms with van der Waals surface area (Å²) in [4.78, 5) is 6.83. The summed E-state index contributed by atoms with van der Waals surface area (Å²) in [7, 11) is 2.01. The van der Waals surface area contributed by atoms with E-state index in [1.165, 1.54) is 45.4 Å². The van der Waals surface area contributed by atoms with E-state index in [1.54, 1.807) is 12.1 Å². The van der Waals surface area contributed by atoms with E-state index >= 15 is 0 Å². The highest BCUT2D eigenvalue weighted by atomic mass is 19.1. The van der Waals surface area contributed by atoms with Crippen molar-refractivity contribution in [2.75, 3.05) is 11.9 Å². The Morgan fingerprint density at radius 3 is 2.31 bits per heavy atom. The average Bonchev–Trinajstić information content (AvgIpc) is 2.96. The average molecular weight is 388 g/mol. The van der Waals surface area contributed by atoms with Crippen LogP contribution in [-0.2, 0) is 13.1 Å². The van der Waals surface area contributed by atoms with Gasteiger partial charge in [-0.05, 0) is 62.2 Å². The number of aryl methyl sites for hydroxylation is 2. The number of hydrogen-bond acceptors (Lipinski definition) is 2. The molecule has 0 aliphatic carbocycles. The SMILES string of the molecule is Cc1ccc(Cn2c(C)c(C)c3ccnc(CN(C)c4ccc(F)cc4)c32)cc1. The quantitative estimate of drug-likeness (QED) is 0.432.